The summed E-state index contributed by atoms with van der Waals surface area (Å²) in [5, 5.41) is 10.3. The first-order chi connectivity index (χ1) is 71.7. The minimum atomic E-state index is -0.0603. The van der Waals surface area contributed by atoms with E-state index in [4.69, 9.17) is 0 Å². The predicted molar refractivity (Wildman–Crippen MR) is 619 cm³/mol. The minimum Gasteiger partial charge on any atom is -0.310 e. The van der Waals surface area contributed by atoms with Crippen molar-refractivity contribution in [3.63, 3.8) is 0 Å². The highest BCUT2D eigenvalue weighted by atomic mass is 32.2. The van der Waals surface area contributed by atoms with Crippen molar-refractivity contribution in [1.82, 2.24) is 0 Å². The van der Waals surface area contributed by atoms with Crippen molar-refractivity contribution >= 4 is 201 Å². The van der Waals surface area contributed by atoms with Crippen LogP contribution < -0.4 is 29.4 Å². The second-order valence-corrected chi connectivity index (χ2v) is 41.8. The van der Waals surface area contributed by atoms with Crippen molar-refractivity contribution in [2.45, 2.75) is 48.6 Å². The zero-order chi connectivity index (χ0) is 96.4. The number of nitrogens with zero attached hydrogens (tertiary/aromatic N) is 6. The third kappa shape index (κ3) is 16.4. The Morgan fingerprint density at radius 1 is 0.172 bits per heavy atom. The Balaban J connectivity index is 0.000000111. The maximum absolute atomic E-state index is 2.40. The lowest BCUT2D eigenvalue weighted by Crippen LogP contribution is -2.16. The number of thiophene rings is 1. The van der Waals surface area contributed by atoms with Crippen LogP contribution in [-0.2, 0) is 5.41 Å². The average molecular weight is 1930 g/mol. The molecule has 1 aliphatic carbocycles. The molecule has 0 N–H and O–H groups in total. The molecular weight excluding hydrogens is 1830 g/mol. The van der Waals surface area contributed by atoms with E-state index in [0.29, 0.717) is 0 Å². The molecule has 3 aliphatic heterocycles. The summed E-state index contributed by atoms with van der Waals surface area (Å²) < 4.78 is 2.64. The number of para-hydroxylation sites is 9. The van der Waals surface area contributed by atoms with E-state index in [1.165, 1.54) is 194 Å². The number of benzene rings is 23. The van der Waals surface area contributed by atoms with Crippen LogP contribution in [0.4, 0.5) is 102 Å². The van der Waals surface area contributed by atoms with Crippen LogP contribution >= 0.6 is 46.6 Å². The topological polar surface area (TPSA) is 19.4 Å². The molecule has 0 fully saturated rings. The Morgan fingerprint density at radius 3 is 0.862 bits per heavy atom. The van der Waals surface area contributed by atoms with E-state index in [1.807, 2.05) is 46.6 Å². The lowest BCUT2D eigenvalue weighted by molar-refractivity contribution is 0.660. The molecule has 4 aliphatic rings. The van der Waals surface area contributed by atoms with E-state index < -0.39 is 0 Å². The third-order valence-electron chi connectivity index (χ3n) is 28.5. The van der Waals surface area contributed by atoms with Gasteiger partial charge in [0.25, 0.3) is 0 Å². The molecule has 0 saturated heterocycles. The Labute approximate surface area is 862 Å². The number of rotatable bonds is 15. The molecule has 24 aromatic rings. The van der Waals surface area contributed by atoms with E-state index in [0.717, 1.165) is 45.5 Å². The fraction of sp³-hybridized carbons (Fsp3) is 0.0222. The van der Waals surface area contributed by atoms with Gasteiger partial charge in [0.1, 0.15) is 0 Å². The molecule has 0 bridgehead atoms. The normalized spacial score (nSPS) is 12.7. The van der Waals surface area contributed by atoms with Gasteiger partial charge in [0.05, 0.1) is 34.1 Å². The molecule has 0 atom stereocenters. The van der Waals surface area contributed by atoms with E-state index in [2.05, 4.69) is 577 Å². The van der Waals surface area contributed by atoms with E-state index in [-0.39, 0.29) is 5.41 Å². The van der Waals surface area contributed by atoms with Gasteiger partial charge in [-0.15, -0.1) is 11.3 Å². The average Bonchev–Trinajstić information content (AvgIpc) is 1.72. The smallest absolute Gasteiger partial charge is 0.0602 e. The summed E-state index contributed by atoms with van der Waals surface area (Å²) in [4.78, 5) is 21.8. The van der Waals surface area contributed by atoms with E-state index in [1.54, 1.807) is 0 Å². The number of anilines is 18. The van der Waals surface area contributed by atoms with Gasteiger partial charge < -0.3 is 29.4 Å². The molecule has 1 aromatic heterocycles. The minimum absolute atomic E-state index is 0.0603. The van der Waals surface area contributed by atoms with Crippen LogP contribution in [0.1, 0.15) is 25.0 Å². The summed E-state index contributed by atoms with van der Waals surface area (Å²) in [7, 11) is 0. The first-order valence-electron chi connectivity index (χ1n) is 49.3. The second kappa shape index (κ2) is 37.7. The number of hydrogen-bond donors (Lipinski definition) is 0. The van der Waals surface area contributed by atoms with Gasteiger partial charge in [-0.3, -0.25) is 0 Å². The largest absolute Gasteiger partial charge is 0.310 e. The molecule has 4 heterocycles. The molecule has 0 unspecified atom stereocenters. The maximum atomic E-state index is 2.40. The Morgan fingerprint density at radius 2 is 0.448 bits per heavy atom. The fourth-order valence-corrected chi connectivity index (χ4v) is 26.0. The maximum Gasteiger partial charge on any atom is 0.0602 e. The molecule has 145 heavy (non-hydrogen) atoms. The Kier molecular flexibility index (Phi) is 22.9. The molecule has 28 rings (SSSR count). The van der Waals surface area contributed by atoms with E-state index >= 15 is 0 Å². The highest BCUT2D eigenvalue weighted by Gasteiger charge is 2.37. The predicted octanol–water partition coefficient (Wildman–Crippen LogP) is 40.4. The summed E-state index contributed by atoms with van der Waals surface area (Å²) in [6, 6.07) is 194. The number of hydrogen-bond acceptors (Lipinski definition) is 10. The first-order valence-corrected chi connectivity index (χ1v) is 52.6. The Bertz CT molecular complexity index is 8980. The monoisotopic (exact) mass is 1930 g/mol. The summed E-state index contributed by atoms with van der Waals surface area (Å²) in [6.07, 6.45) is 0. The van der Waals surface area contributed by atoms with Crippen LogP contribution in [0.5, 0.6) is 0 Å². The standard InChI is InChI=1S/C48H32N2S.C45H34N2S.C42H28N2S2/c1-3-13-35(14-4-1)49(38-28-29-43-41-19-8-7-17-39(41)40-18-9-10-20-42(40)44(43)32-38)37-26-23-33(24-27-37)34-25-30-46-48(31-34)51-47-22-12-11-21-45(47)50(46)36-15-5-2-6-16-36;1-45(2)39-18-10-9-17-37(39)38-27-26-36(30-40(38)45)46(33-13-5-3-6-14-33)35-24-21-31(22-25-35)32-23-28-42-44(29-32)48-43-20-12-11-19-41(43)47(42)34-15-7-4-8-16-34;1-3-11-31(12-4-1)43(34-24-26-40-36(28-34)35-15-7-9-17-39(35)45-40)33-22-19-29(20-23-33)30-21-25-38-42(27-30)46-41-18-10-8-16-37(41)44(38)32-13-5-2-6-14-32/h1-32H;3-30H,1-2H3;1-28H. The van der Waals surface area contributed by atoms with E-state index in [9.17, 15) is 0 Å². The van der Waals surface area contributed by atoms with Gasteiger partial charge in [0, 0.05) is 123 Å². The molecule has 0 amide bonds. The molecular formula is C135H94N6S4. The van der Waals surface area contributed by atoms with Crippen molar-refractivity contribution in [3.8, 4) is 44.5 Å². The van der Waals surface area contributed by atoms with Crippen molar-refractivity contribution in [3.05, 3.63) is 545 Å². The number of fused-ring (bicyclic) bond motifs is 18. The molecule has 6 nitrogen and oxygen atoms in total. The molecule has 0 radical (unpaired) electrons. The molecule has 23 aromatic carbocycles. The zero-order valence-electron chi connectivity index (χ0n) is 79.6. The quantitative estimate of drug-likeness (QED) is 0.0927. The van der Waals surface area contributed by atoms with Crippen LogP contribution in [0, 0.1) is 0 Å². The summed E-state index contributed by atoms with van der Waals surface area (Å²) in [5.41, 5.74) is 33.6. The first kappa shape index (κ1) is 88.1. The Hall–Kier alpha value is -17.1. The zero-order valence-corrected chi connectivity index (χ0v) is 82.9. The van der Waals surface area contributed by atoms with Gasteiger partial charge in [-0.2, -0.15) is 0 Å². The van der Waals surface area contributed by atoms with Crippen molar-refractivity contribution in [2.24, 2.45) is 0 Å². The van der Waals surface area contributed by atoms with Crippen molar-refractivity contribution < 1.29 is 0 Å². The van der Waals surface area contributed by atoms with Gasteiger partial charge in [0.2, 0.25) is 0 Å². The highest BCUT2D eigenvalue weighted by Crippen LogP contribution is 2.58. The van der Waals surface area contributed by atoms with Crippen LogP contribution in [-0.4, -0.2) is 0 Å². The summed E-state index contributed by atoms with van der Waals surface area (Å²) >= 11 is 7.39. The van der Waals surface area contributed by atoms with Crippen LogP contribution in [0.2, 0.25) is 0 Å². The van der Waals surface area contributed by atoms with Gasteiger partial charge in [-0.1, -0.05) is 352 Å². The molecule has 0 spiro atoms. The van der Waals surface area contributed by atoms with Crippen LogP contribution in [0.25, 0.3) is 97.0 Å². The lowest BCUT2D eigenvalue weighted by Gasteiger charge is -2.33. The summed E-state index contributed by atoms with van der Waals surface area (Å²) in [6.45, 7) is 4.69. The molecule has 10 heteroatoms. The molecule has 688 valence electrons. The van der Waals surface area contributed by atoms with Gasteiger partial charge in [0.15, 0.2) is 0 Å². The second-order valence-electron chi connectivity index (χ2n) is 37.4. The van der Waals surface area contributed by atoms with Crippen LogP contribution in [0.15, 0.2) is 563 Å². The van der Waals surface area contributed by atoms with Gasteiger partial charge >= 0.3 is 0 Å². The summed E-state index contributed by atoms with van der Waals surface area (Å²) in [5.74, 6) is 0. The lowest BCUT2D eigenvalue weighted by atomic mass is 9.82. The third-order valence-corrected chi connectivity index (χ3v) is 33.0. The fourth-order valence-electron chi connectivity index (χ4n) is 21.6. The molecule has 0 saturated carbocycles. The SMILES string of the molecule is CC1(C)c2ccccc2-c2ccc(N(c3ccccc3)c3ccc(-c4ccc5c(c4)Sc4ccccc4N5c4ccccc4)cc3)cc21.c1ccc(N(c2ccc(-c3ccc4c(c3)Sc3ccccc3N4c3ccccc3)cc2)c2ccc3c4ccccc4c4ccccc4c3c2)cc1.c1ccc(N(c2ccc(-c3ccc4c(c3)Sc3ccccc3N4c3ccccc3)cc2)c2ccc3sc4ccccc4c3c2)cc1. The van der Waals surface area contributed by atoms with Crippen LogP contribution in [0.3, 0.4) is 0 Å². The van der Waals surface area contributed by atoms with Gasteiger partial charge in [-0.25, -0.2) is 0 Å². The van der Waals surface area contributed by atoms with Crippen molar-refractivity contribution in [2.75, 3.05) is 29.4 Å². The highest BCUT2D eigenvalue weighted by molar-refractivity contribution is 8.00. The van der Waals surface area contributed by atoms with Gasteiger partial charge in [-0.05, 0) is 318 Å². The van der Waals surface area contributed by atoms with Crippen molar-refractivity contribution in [1.29, 1.82) is 0 Å².